The second kappa shape index (κ2) is 6.15. The van der Waals surface area contributed by atoms with Crippen LogP contribution < -0.4 is 0 Å². The standard InChI is InChI=1S/C9H19O3Si/c1-6-8(4)13(11-7(2)3)12-9(5)10/h7-8H,6H2,1-5H3. The van der Waals surface area contributed by atoms with Gasteiger partial charge in [0.2, 0.25) is 0 Å². The minimum atomic E-state index is -1.42. The van der Waals surface area contributed by atoms with Gasteiger partial charge < -0.3 is 8.85 Å². The van der Waals surface area contributed by atoms with Crippen LogP contribution in [0.3, 0.4) is 0 Å². The van der Waals surface area contributed by atoms with E-state index in [4.69, 9.17) is 8.85 Å². The van der Waals surface area contributed by atoms with Gasteiger partial charge in [0.1, 0.15) is 0 Å². The maximum atomic E-state index is 10.8. The van der Waals surface area contributed by atoms with E-state index < -0.39 is 9.28 Å². The molecule has 0 N–H and O–H groups in total. The summed E-state index contributed by atoms with van der Waals surface area (Å²) in [6.07, 6.45) is 1.11. The summed E-state index contributed by atoms with van der Waals surface area (Å²) in [7, 11) is -1.42. The molecule has 0 aromatic carbocycles. The van der Waals surface area contributed by atoms with E-state index in [0.29, 0.717) is 5.54 Å². The lowest BCUT2D eigenvalue weighted by atomic mass is 10.4. The SMILES string of the molecule is CCC(C)[Si](OC(C)=O)OC(C)C. The Kier molecular flexibility index (Phi) is 5.99. The summed E-state index contributed by atoms with van der Waals surface area (Å²) in [5.41, 5.74) is 0.344. The highest BCUT2D eigenvalue weighted by atomic mass is 28.3. The third-order valence-corrected chi connectivity index (χ3v) is 4.02. The largest absolute Gasteiger partial charge is 0.492 e. The van der Waals surface area contributed by atoms with Crippen molar-refractivity contribution in [2.45, 2.75) is 52.7 Å². The van der Waals surface area contributed by atoms with Crippen LogP contribution in [0.4, 0.5) is 0 Å². The van der Waals surface area contributed by atoms with E-state index >= 15 is 0 Å². The minimum absolute atomic E-state index is 0.127. The van der Waals surface area contributed by atoms with Gasteiger partial charge in [0.05, 0.1) is 0 Å². The molecule has 0 saturated heterocycles. The predicted molar refractivity (Wildman–Crippen MR) is 53.5 cm³/mol. The lowest BCUT2D eigenvalue weighted by Crippen LogP contribution is -2.32. The van der Waals surface area contributed by atoms with Crippen LogP contribution in [0.25, 0.3) is 0 Å². The van der Waals surface area contributed by atoms with Gasteiger partial charge in [-0.25, -0.2) is 0 Å². The molecule has 0 amide bonds. The molecule has 0 aromatic heterocycles. The molecule has 0 bridgehead atoms. The zero-order chi connectivity index (χ0) is 10.4. The molecule has 4 heteroatoms. The zero-order valence-corrected chi connectivity index (χ0v) is 10.1. The van der Waals surface area contributed by atoms with Crippen LogP contribution in [-0.4, -0.2) is 21.4 Å². The minimum Gasteiger partial charge on any atom is -0.492 e. The molecule has 0 rings (SSSR count). The van der Waals surface area contributed by atoms with Gasteiger partial charge in [-0.15, -0.1) is 0 Å². The summed E-state index contributed by atoms with van der Waals surface area (Å²) in [6, 6.07) is 0. The van der Waals surface area contributed by atoms with E-state index in [-0.39, 0.29) is 12.1 Å². The maximum absolute atomic E-state index is 10.8. The number of hydrogen-bond acceptors (Lipinski definition) is 3. The average molecular weight is 203 g/mol. The second-order valence-corrected chi connectivity index (χ2v) is 5.45. The predicted octanol–water partition coefficient (Wildman–Crippen LogP) is 2.26. The molecule has 1 radical (unpaired) electrons. The Balaban J connectivity index is 4.10. The third-order valence-electron chi connectivity index (χ3n) is 1.61. The Morgan fingerprint density at radius 3 is 2.23 bits per heavy atom. The Bertz CT molecular complexity index is 159. The fourth-order valence-electron chi connectivity index (χ4n) is 0.781. The Hall–Kier alpha value is -0.353. The lowest BCUT2D eigenvalue weighted by Gasteiger charge is -2.20. The lowest BCUT2D eigenvalue weighted by molar-refractivity contribution is -0.133. The molecule has 0 spiro atoms. The van der Waals surface area contributed by atoms with Crippen molar-refractivity contribution in [1.82, 2.24) is 0 Å². The first-order valence-corrected chi connectivity index (χ1v) is 6.08. The maximum Gasteiger partial charge on any atom is 0.463 e. The molecule has 0 aliphatic heterocycles. The summed E-state index contributed by atoms with van der Waals surface area (Å²) < 4.78 is 10.7. The fourth-order valence-corrected chi connectivity index (χ4v) is 2.34. The number of carbonyl (C=O) groups excluding carboxylic acids is 1. The topological polar surface area (TPSA) is 35.5 Å². The average Bonchev–Trinajstić information content (AvgIpc) is 2.00. The zero-order valence-electron chi connectivity index (χ0n) is 9.09. The van der Waals surface area contributed by atoms with E-state index in [9.17, 15) is 4.79 Å². The summed E-state index contributed by atoms with van der Waals surface area (Å²) in [5, 5.41) is 0. The van der Waals surface area contributed by atoms with E-state index in [1.807, 2.05) is 13.8 Å². The van der Waals surface area contributed by atoms with Gasteiger partial charge in [0.15, 0.2) is 0 Å². The molecule has 1 atom stereocenters. The van der Waals surface area contributed by atoms with Crippen molar-refractivity contribution in [2.75, 3.05) is 0 Å². The summed E-state index contributed by atoms with van der Waals surface area (Å²) >= 11 is 0. The first-order chi connectivity index (χ1) is 5.97. The highest BCUT2D eigenvalue weighted by molar-refractivity contribution is 6.48. The van der Waals surface area contributed by atoms with Gasteiger partial charge in [0, 0.05) is 18.6 Å². The van der Waals surface area contributed by atoms with Crippen molar-refractivity contribution in [3.05, 3.63) is 0 Å². The highest BCUT2D eigenvalue weighted by Crippen LogP contribution is 2.17. The van der Waals surface area contributed by atoms with Crippen LogP contribution in [0, 0.1) is 0 Å². The molecular formula is C9H19O3Si. The van der Waals surface area contributed by atoms with Gasteiger partial charge in [-0.3, -0.25) is 4.79 Å². The molecule has 0 saturated carbocycles. The van der Waals surface area contributed by atoms with Gasteiger partial charge >= 0.3 is 9.28 Å². The van der Waals surface area contributed by atoms with E-state index in [0.717, 1.165) is 6.42 Å². The summed E-state index contributed by atoms with van der Waals surface area (Å²) in [4.78, 5) is 10.8. The summed E-state index contributed by atoms with van der Waals surface area (Å²) in [6.45, 7) is 9.46. The third kappa shape index (κ3) is 5.82. The van der Waals surface area contributed by atoms with E-state index in [1.54, 1.807) is 0 Å². The number of carbonyl (C=O) groups is 1. The second-order valence-electron chi connectivity index (χ2n) is 3.39. The highest BCUT2D eigenvalue weighted by Gasteiger charge is 2.27. The molecule has 0 aromatic rings. The number of hydrogen-bond donors (Lipinski definition) is 0. The van der Waals surface area contributed by atoms with Crippen molar-refractivity contribution in [3.8, 4) is 0 Å². The molecule has 1 unspecified atom stereocenters. The van der Waals surface area contributed by atoms with Crippen molar-refractivity contribution >= 4 is 15.3 Å². The molecule has 77 valence electrons. The van der Waals surface area contributed by atoms with Crippen molar-refractivity contribution < 1.29 is 13.6 Å². The monoisotopic (exact) mass is 203 g/mol. The summed E-state index contributed by atoms with van der Waals surface area (Å²) in [5.74, 6) is -0.241. The van der Waals surface area contributed by atoms with Gasteiger partial charge in [0.25, 0.3) is 5.97 Å². The van der Waals surface area contributed by atoms with Crippen LogP contribution in [0.2, 0.25) is 5.54 Å². The van der Waals surface area contributed by atoms with Crippen LogP contribution >= 0.6 is 0 Å². The fraction of sp³-hybridized carbons (Fsp3) is 0.889. The van der Waals surface area contributed by atoms with Crippen LogP contribution in [0.5, 0.6) is 0 Å². The van der Waals surface area contributed by atoms with Crippen LogP contribution in [0.15, 0.2) is 0 Å². The molecule has 0 fully saturated rings. The Morgan fingerprint density at radius 1 is 1.38 bits per heavy atom. The van der Waals surface area contributed by atoms with Crippen molar-refractivity contribution in [1.29, 1.82) is 0 Å². The number of rotatable bonds is 5. The quantitative estimate of drug-likeness (QED) is 0.643. The van der Waals surface area contributed by atoms with E-state index in [1.165, 1.54) is 6.92 Å². The van der Waals surface area contributed by atoms with Gasteiger partial charge in [-0.05, 0) is 13.8 Å². The van der Waals surface area contributed by atoms with Gasteiger partial charge in [-0.2, -0.15) is 0 Å². The smallest absolute Gasteiger partial charge is 0.463 e. The van der Waals surface area contributed by atoms with Crippen molar-refractivity contribution in [2.24, 2.45) is 0 Å². The Morgan fingerprint density at radius 2 is 1.92 bits per heavy atom. The van der Waals surface area contributed by atoms with Crippen LogP contribution in [-0.2, 0) is 13.6 Å². The molecule has 0 aliphatic rings. The molecule has 0 heterocycles. The van der Waals surface area contributed by atoms with Crippen LogP contribution in [0.1, 0.15) is 41.0 Å². The first kappa shape index (κ1) is 12.6. The Labute approximate surface area is 82.3 Å². The van der Waals surface area contributed by atoms with Crippen molar-refractivity contribution in [3.63, 3.8) is 0 Å². The molecule has 3 nitrogen and oxygen atoms in total. The molecule has 0 aliphatic carbocycles. The first-order valence-electron chi connectivity index (χ1n) is 4.69. The molecular weight excluding hydrogens is 184 g/mol. The normalized spacial score (nSPS) is 13.5. The van der Waals surface area contributed by atoms with Gasteiger partial charge in [-0.1, -0.05) is 20.3 Å². The van der Waals surface area contributed by atoms with E-state index in [2.05, 4.69) is 13.8 Å². The molecule has 13 heavy (non-hydrogen) atoms.